The lowest BCUT2D eigenvalue weighted by Gasteiger charge is -2.23. The molecular formula is C10H22N2. The number of piperidine rings is 1. The molecule has 12 heavy (non-hydrogen) atoms. The molecule has 1 aliphatic heterocycles. The Morgan fingerprint density at radius 1 is 1.42 bits per heavy atom. The van der Waals surface area contributed by atoms with E-state index in [1.807, 2.05) is 0 Å². The van der Waals surface area contributed by atoms with Crippen LogP contribution in [0.5, 0.6) is 0 Å². The molecule has 1 heterocycles. The minimum Gasteiger partial charge on any atom is -0.315 e. The van der Waals surface area contributed by atoms with E-state index in [1.54, 1.807) is 0 Å². The fourth-order valence-corrected chi connectivity index (χ4v) is 1.68. The number of hydrogen-bond donors (Lipinski definition) is 2. The van der Waals surface area contributed by atoms with Gasteiger partial charge in [-0.2, -0.15) is 0 Å². The van der Waals surface area contributed by atoms with E-state index in [4.69, 9.17) is 0 Å². The lowest BCUT2D eigenvalue weighted by atomic mass is 10.1. The molecule has 1 rings (SSSR count). The fourth-order valence-electron chi connectivity index (χ4n) is 1.68. The molecule has 1 fully saturated rings. The molecule has 1 atom stereocenters. The van der Waals surface area contributed by atoms with Crippen molar-refractivity contribution in [2.45, 2.75) is 45.1 Å². The van der Waals surface area contributed by atoms with E-state index in [2.05, 4.69) is 17.6 Å². The van der Waals surface area contributed by atoms with Gasteiger partial charge < -0.3 is 10.6 Å². The molecule has 2 nitrogen and oxygen atoms in total. The first-order valence-corrected chi connectivity index (χ1v) is 5.37. The van der Waals surface area contributed by atoms with Crippen molar-refractivity contribution in [2.75, 3.05) is 19.6 Å². The SMILES string of the molecule is CCCCNCC1CCCCN1. The molecule has 1 unspecified atom stereocenters. The van der Waals surface area contributed by atoms with E-state index in [9.17, 15) is 0 Å². The van der Waals surface area contributed by atoms with Crippen LogP contribution in [0.25, 0.3) is 0 Å². The van der Waals surface area contributed by atoms with Gasteiger partial charge in [0.05, 0.1) is 0 Å². The lowest BCUT2D eigenvalue weighted by Crippen LogP contribution is -2.41. The van der Waals surface area contributed by atoms with Gasteiger partial charge in [-0.25, -0.2) is 0 Å². The second-order valence-electron chi connectivity index (χ2n) is 3.70. The number of unbranched alkanes of at least 4 members (excludes halogenated alkanes) is 1. The minimum atomic E-state index is 0.746. The highest BCUT2D eigenvalue weighted by atomic mass is 15.0. The van der Waals surface area contributed by atoms with Crippen LogP contribution in [-0.4, -0.2) is 25.7 Å². The Morgan fingerprint density at radius 3 is 3.00 bits per heavy atom. The van der Waals surface area contributed by atoms with Crippen LogP contribution < -0.4 is 10.6 Å². The van der Waals surface area contributed by atoms with Crippen LogP contribution in [0.4, 0.5) is 0 Å². The molecule has 0 aromatic rings. The van der Waals surface area contributed by atoms with Crippen LogP contribution in [0.3, 0.4) is 0 Å². The molecule has 1 aliphatic rings. The van der Waals surface area contributed by atoms with Gasteiger partial charge in [0.15, 0.2) is 0 Å². The van der Waals surface area contributed by atoms with Crippen molar-refractivity contribution in [3.63, 3.8) is 0 Å². The molecule has 1 saturated heterocycles. The summed E-state index contributed by atoms with van der Waals surface area (Å²) < 4.78 is 0. The van der Waals surface area contributed by atoms with Gasteiger partial charge in [0.1, 0.15) is 0 Å². The summed E-state index contributed by atoms with van der Waals surface area (Å²) in [5.41, 5.74) is 0. The van der Waals surface area contributed by atoms with E-state index in [-0.39, 0.29) is 0 Å². The van der Waals surface area contributed by atoms with Gasteiger partial charge in [-0.15, -0.1) is 0 Å². The Balaban J connectivity index is 1.91. The predicted octanol–water partition coefficient (Wildman–Crippen LogP) is 1.52. The first-order valence-electron chi connectivity index (χ1n) is 5.37. The molecule has 2 heteroatoms. The van der Waals surface area contributed by atoms with Crippen LogP contribution in [0.2, 0.25) is 0 Å². The van der Waals surface area contributed by atoms with E-state index in [0.29, 0.717) is 0 Å². The molecule has 0 radical (unpaired) electrons. The summed E-state index contributed by atoms with van der Waals surface area (Å²) >= 11 is 0. The first kappa shape index (κ1) is 10.0. The smallest absolute Gasteiger partial charge is 0.0192 e. The van der Waals surface area contributed by atoms with Gasteiger partial charge in [-0.05, 0) is 32.4 Å². The second kappa shape index (κ2) is 6.44. The average molecular weight is 170 g/mol. The molecule has 0 spiro atoms. The van der Waals surface area contributed by atoms with Crippen molar-refractivity contribution in [1.82, 2.24) is 10.6 Å². The van der Waals surface area contributed by atoms with Crippen molar-refractivity contribution in [2.24, 2.45) is 0 Å². The third-order valence-corrected chi connectivity index (χ3v) is 2.51. The average Bonchev–Trinajstić information content (AvgIpc) is 2.14. The van der Waals surface area contributed by atoms with Crippen molar-refractivity contribution in [3.8, 4) is 0 Å². The van der Waals surface area contributed by atoms with Gasteiger partial charge in [0, 0.05) is 12.6 Å². The Kier molecular flexibility index (Phi) is 5.37. The van der Waals surface area contributed by atoms with Crippen LogP contribution in [-0.2, 0) is 0 Å². The predicted molar refractivity (Wildman–Crippen MR) is 53.4 cm³/mol. The zero-order valence-corrected chi connectivity index (χ0v) is 8.23. The van der Waals surface area contributed by atoms with E-state index >= 15 is 0 Å². The summed E-state index contributed by atoms with van der Waals surface area (Å²) in [6.07, 6.45) is 6.75. The number of rotatable bonds is 5. The molecule has 0 amide bonds. The molecule has 0 bridgehead atoms. The molecule has 0 aromatic heterocycles. The largest absolute Gasteiger partial charge is 0.315 e. The molecule has 0 saturated carbocycles. The molecule has 2 N–H and O–H groups in total. The van der Waals surface area contributed by atoms with Crippen LogP contribution in [0.1, 0.15) is 39.0 Å². The minimum absolute atomic E-state index is 0.746. The zero-order valence-electron chi connectivity index (χ0n) is 8.23. The fraction of sp³-hybridized carbons (Fsp3) is 1.00. The van der Waals surface area contributed by atoms with E-state index in [1.165, 1.54) is 51.7 Å². The number of hydrogen-bond acceptors (Lipinski definition) is 2. The standard InChI is InChI=1S/C10H22N2/c1-2-3-7-11-9-10-6-4-5-8-12-10/h10-12H,2-9H2,1H3. The Bertz CT molecular complexity index is 98.0. The van der Waals surface area contributed by atoms with Gasteiger partial charge in [-0.1, -0.05) is 19.8 Å². The topological polar surface area (TPSA) is 24.1 Å². The first-order chi connectivity index (χ1) is 5.93. The van der Waals surface area contributed by atoms with Gasteiger partial charge in [0.2, 0.25) is 0 Å². The monoisotopic (exact) mass is 170 g/mol. The maximum absolute atomic E-state index is 3.53. The molecule has 0 aliphatic carbocycles. The van der Waals surface area contributed by atoms with Crippen molar-refractivity contribution < 1.29 is 0 Å². The van der Waals surface area contributed by atoms with Crippen molar-refractivity contribution in [3.05, 3.63) is 0 Å². The van der Waals surface area contributed by atoms with Crippen LogP contribution in [0.15, 0.2) is 0 Å². The third kappa shape index (κ3) is 4.07. The Labute approximate surface area is 76.1 Å². The summed E-state index contributed by atoms with van der Waals surface area (Å²) in [6.45, 7) is 5.81. The Hall–Kier alpha value is -0.0800. The summed E-state index contributed by atoms with van der Waals surface area (Å²) in [7, 11) is 0. The molecular weight excluding hydrogens is 148 g/mol. The van der Waals surface area contributed by atoms with Gasteiger partial charge >= 0.3 is 0 Å². The highest BCUT2D eigenvalue weighted by Crippen LogP contribution is 2.05. The van der Waals surface area contributed by atoms with Crippen LogP contribution in [0, 0.1) is 0 Å². The van der Waals surface area contributed by atoms with E-state index < -0.39 is 0 Å². The van der Waals surface area contributed by atoms with Gasteiger partial charge in [0.25, 0.3) is 0 Å². The summed E-state index contributed by atoms with van der Waals surface area (Å²) in [4.78, 5) is 0. The maximum Gasteiger partial charge on any atom is 0.0192 e. The Morgan fingerprint density at radius 2 is 2.33 bits per heavy atom. The van der Waals surface area contributed by atoms with Crippen molar-refractivity contribution in [1.29, 1.82) is 0 Å². The lowest BCUT2D eigenvalue weighted by molar-refractivity contribution is 0.383. The summed E-state index contributed by atoms with van der Waals surface area (Å²) in [5, 5.41) is 7.03. The molecule has 72 valence electrons. The number of nitrogens with one attached hydrogen (secondary N) is 2. The normalized spacial score (nSPS) is 24.2. The maximum atomic E-state index is 3.53. The summed E-state index contributed by atoms with van der Waals surface area (Å²) in [6, 6.07) is 0.746. The summed E-state index contributed by atoms with van der Waals surface area (Å²) in [5.74, 6) is 0. The highest BCUT2D eigenvalue weighted by molar-refractivity contribution is 4.73. The quantitative estimate of drug-likeness (QED) is 0.611. The third-order valence-electron chi connectivity index (χ3n) is 2.51. The highest BCUT2D eigenvalue weighted by Gasteiger charge is 2.10. The van der Waals surface area contributed by atoms with Gasteiger partial charge in [-0.3, -0.25) is 0 Å². The molecule has 0 aromatic carbocycles. The van der Waals surface area contributed by atoms with Crippen LogP contribution >= 0.6 is 0 Å². The van der Waals surface area contributed by atoms with Crippen molar-refractivity contribution >= 4 is 0 Å². The van der Waals surface area contributed by atoms with E-state index in [0.717, 1.165) is 6.04 Å². The second-order valence-corrected chi connectivity index (χ2v) is 3.70. The zero-order chi connectivity index (χ0) is 8.65.